The minimum atomic E-state index is -0.862. The Morgan fingerprint density at radius 1 is 1.33 bits per heavy atom. The Hall–Kier alpha value is -1.14. The molecule has 0 aromatic carbocycles. The van der Waals surface area contributed by atoms with Crippen LogP contribution in [-0.2, 0) is 9.53 Å². The number of carbonyl (C=O) groups excluding carboxylic acids is 2. The lowest BCUT2D eigenvalue weighted by atomic mass is 10.1. The molecule has 0 rings (SSSR count). The summed E-state index contributed by atoms with van der Waals surface area (Å²) >= 11 is 0. The standard InChI is InChI=1S/C12H24N2O4/c1-11(2,3)18-10(16)14-9(7-15)6-13-8-12(4,5)17/h7,9,13,17H,6,8H2,1-5H3,(H,14,16). The lowest BCUT2D eigenvalue weighted by Gasteiger charge is -2.22. The van der Waals surface area contributed by atoms with Gasteiger partial charge in [-0.25, -0.2) is 4.79 Å². The van der Waals surface area contributed by atoms with Crippen molar-refractivity contribution in [3.05, 3.63) is 0 Å². The van der Waals surface area contributed by atoms with Gasteiger partial charge in [-0.1, -0.05) is 0 Å². The molecule has 106 valence electrons. The van der Waals surface area contributed by atoms with Gasteiger partial charge < -0.3 is 25.3 Å². The number of rotatable bonds is 6. The van der Waals surface area contributed by atoms with Crippen LogP contribution >= 0.6 is 0 Å². The molecule has 0 heterocycles. The summed E-state index contributed by atoms with van der Waals surface area (Å²) in [6.45, 7) is 9.10. The quantitative estimate of drug-likeness (QED) is 0.603. The molecule has 0 fully saturated rings. The van der Waals surface area contributed by atoms with Crippen molar-refractivity contribution in [2.45, 2.75) is 51.9 Å². The Kier molecular flexibility index (Phi) is 6.28. The van der Waals surface area contributed by atoms with Crippen molar-refractivity contribution in [3.8, 4) is 0 Å². The van der Waals surface area contributed by atoms with E-state index in [0.29, 0.717) is 12.8 Å². The largest absolute Gasteiger partial charge is 0.444 e. The highest BCUT2D eigenvalue weighted by Gasteiger charge is 2.19. The summed E-state index contributed by atoms with van der Waals surface area (Å²) in [6, 6.07) is -0.679. The van der Waals surface area contributed by atoms with Crippen molar-refractivity contribution in [1.82, 2.24) is 10.6 Å². The summed E-state index contributed by atoms with van der Waals surface area (Å²) in [7, 11) is 0. The summed E-state index contributed by atoms with van der Waals surface area (Å²) < 4.78 is 5.03. The molecule has 0 aliphatic carbocycles. The van der Waals surface area contributed by atoms with Crippen molar-refractivity contribution in [3.63, 3.8) is 0 Å². The van der Waals surface area contributed by atoms with Gasteiger partial charge in [0.2, 0.25) is 0 Å². The van der Waals surface area contributed by atoms with Crippen LogP contribution in [0, 0.1) is 0 Å². The molecule has 1 unspecified atom stereocenters. The Morgan fingerprint density at radius 3 is 2.28 bits per heavy atom. The van der Waals surface area contributed by atoms with Gasteiger partial charge in [-0.2, -0.15) is 0 Å². The maximum absolute atomic E-state index is 11.4. The zero-order chi connectivity index (χ0) is 14.4. The first-order valence-corrected chi connectivity index (χ1v) is 5.91. The molecule has 18 heavy (non-hydrogen) atoms. The number of aldehydes is 1. The fraction of sp³-hybridized carbons (Fsp3) is 0.833. The van der Waals surface area contributed by atoms with Gasteiger partial charge in [0.25, 0.3) is 0 Å². The van der Waals surface area contributed by atoms with Crippen molar-refractivity contribution in [2.75, 3.05) is 13.1 Å². The highest BCUT2D eigenvalue weighted by atomic mass is 16.6. The van der Waals surface area contributed by atoms with E-state index in [1.54, 1.807) is 34.6 Å². The lowest BCUT2D eigenvalue weighted by molar-refractivity contribution is -0.109. The first kappa shape index (κ1) is 16.9. The van der Waals surface area contributed by atoms with Crippen LogP contribution in [0.2, 0.25) is 0 Å². The first-order valence-electron chi connectivity index (χ1n) is 5.91. The van der Waals surface area contributed by atoms with E-state index in [0.717, 1.165) is 0 Å². The van der Waals surface area contributed by atoms with Crippen LogP contribution in [0.15, 0.2) is 0 Å². The van der Waals surface area contributed by atoms with Gasteiger partial charge in [-0.05, 0) is 34.6 Å². The van der Waals surface area contributed by atoms with Crippen LogP contribution in [-0.4, -0.2) is 47.8 Å². The highest BCUT2D eigenvalue weighted by molar-refractivity contribution is 5.73. The Bertz CT molecular complexity index is 279. The second-order valence-electron chi connectivity index (χ2n) is 5.83. The minimum absolute atomic E-state index is 0.243. The second-order valence-corrected chi connectivity index (χ2v) is 5.83. The van der Waals surface area contributed by atoms with Gasteiger partial charge in [0.15, 0.2) is 0 Å². The minimum Gasteiger partial charge on any atom is -0.444 e. The molecule has 0 radical (unpaired) electrons. The Balaban J connectivity index is 4.04. The molecule has 0 aliphatic heterocycles. The highest BCUT2D eigenvalue weighted by Crippen LogP contribution is 2.06. The number of hydrogen-bond donors (Lipinski definition) is 3. The van der Waals surface area contributed by atoms with E-state index in [9.17, 15) is 14.7 Å². The second kappa shape index (κ2) is 6.70. The summed E-state index contributed by atoms with van der Waals surface area (Å²) in [5, 5.41) is 14.8. The van der Waals surface area contributed by atoms with E-state index < -0.39 is 23.3 Å². The Labute approximate surface area is 108 Å². The molecule has 6 heteroatoms. The van der Waals surface area contributed by atoms with E-state index in [-0.39, 0.29) is 6.54 Å². The third-order valence-electron chi connectivity index (χ3n) is 1.79. The predicted molar refractivity (Wildman–Crippen MR) is 68.4 cm³/mol. The number of nitrogens with one attached hydrogen (secondary N) is 2. The number of carbonyl (C=O) groups is 2. The topological polar surface area (TPSA) is 87.7 Å². The number of ether oxygens (including phenoxy) is 1. The number of hydrogen-bond acceptors (Lipinski definition) is 5. The van der Waals surface area contributed by atoms with Crippen molar-refractivity contribution >= 4 is 12.4 Å². The molecule has 1 amide bonds. The van der Waals surface area contributed by atoms with Crippen molar-refractivity contribution in [2.24, 2.45) is 0 Å². The van der Waals surface area contributed by atoms with Gasteiger partial charge in [-0.3, -0.25) is 0 Å². The lowest BCUT2D eigenvalue weighted by Crippen LogP contribution is -2.47. The smallest absolute Gasteiger partial charge is 0.408 e. The fourth-order valence-electron chi connectivity index (χ4n) is 1.13. The molecule has 0 saturated heterocycles. The number of alkyl carbamates (subject to hydrolysis) is 1. The molecule has 3 N–H and O–H groups in total. The molecular weight excluding hydrogens is 236 g/mol. The third-order valence-corrected chi connectivity index (χ3v) is 1.79. The molecular formula is C12H24N2O4. The van der Waals surface area contributed by atoms with Crippen LogP contribution in [0.25, 0.3) is 0 Å². The number of aliphatic hydroxyl groups is 1. The van der Waals surface area contributed by atoms with Crippen molar-refractivity contribution in [1.29, 1.82) is 0 Å². The zero-order valence-corrected chi connectivity index (χ0v) is 11.7. The maximum Gasteiger partial charge on any atom is 0.408 e. The van der Waals surface area contributed by atoms with E-state index in [4.69, 9.17) is 4.74 Å². The fourth-order valence-corrected chi connectivity index (χ4v) is 1.13. The number of amides is 1. The van der Waals surface area contributed by atoms with E-state index >= 15 is 0 Å². The third kappa shape index (κ3) is 10.0. The van der Waals surface area contributed by atoms with Gasteiger partial charge >= 0.3 is 6.09 Å². The monoisotopic (exact) mass is 260 g/mol. The van der Waals surface area contributed by atoms with Gasteiger partial charge in [0.05, 0.1) is 5.60 Å². The van der Waals surface area contributed by atoms with E-state index in [1.807, 2.05) is 0 Å². The predicted octanol–water partition coefficient (Wildman–Crippen LogP) is 0.439. The van der Waals surface area contributed by atoms with Crippen LogP contribution in [0.5, 0.6) is 0 Å². The van der Waals surface area contributed by atoms with E-state index in [2.05, 4.69) is 10.6 Å². The molecule has 1 atom stereocenters. The van der Waals surface area contributed by atoms with Crippen LogP contribution in [0.3, 0.4) is 0 Å². The summed E-state index contributed by atoms with van der Waals surface area (Å²) in [5.74, 6) is 0. The molecule has 0 aromatic heterocycles. The summed E-state index contributed by atoms with van der Waals surface area (Å²) in [4.78, 5) is 22.2. The SMILES string of the molecule is CC(C)(O)CNCC(C=O)NC(=O)OC(C)(C)C. The van der Waals surface area contributed by atoms with Gasteiger partial charge in [0.1, 0.15) is 17.9 Å². The van der Waals surface area contributed by atoms with Crippen LogP contribution in [0.4, 0.5) is 4.79 Å². The molecule has 0 saturated carbocycles. The average Bonchev–Trinajstić information content (AvgIpc) is 2.11. The van der Waals surface area contributed by atoms with E-state index in [1.165, 1.54) is 0 Å². The zero-order valence-electron chi connectivity index (χ0n) is 11.7. The molecule has 0 bridgehead atoms. The molecule has 0 spiro atoms. The molecule has 0 aliphatic rings. The normalized spacial score (nSPS) is 13.9. The van der Waals surface area contributed by atoms with Crippen LogP contribution in [0.1, 0.15) is 34.6 Å². The average molecular weight is 260 g/mol. The Morgan fingerprint density at radius 2 is 1.89 bits per heavy atom. The summed E-state index contributed by atoms with van der Waals surface area (Å²) in [6.07, 6.45) is -0.00829. The summed E-state index contributed by atoms with van der Waals surface area (Å²) in [5.41, 5.74) is -1.46. The van der Waals surface area contributed by atoms with Crippen molar-refractivity contribution < 1.29 is 19.4 Å². The molecule has 6 nitrogen and oxygen atoms in total. The maximum atomic E-state index is 11.4. The van der Waals surface area contributed by atoms with Gasteiger partial charge in [0, 0.05) is 13.1 Å². The van der Waals surface area contributed by atoms with Gasteiger partial charge in [-0.15, -0.1) is 0 Å². The molecule has 0 aromatic rings. The first-order chi connectivity index (χ1) is 8.03. The van der Waals surface area contributed by atoms with Crippen LogP contribution < -0.4 is 10.6 Å².